The van der Waals surface area contributed by atoms with E-state index >= 15 is 0 Å². The van der Waals surface area contributed by atoms with Crippen molar-refractivity contribution in [3.63, 3.8) is 0 Å². The molecule has 0 saturated carbocycles. The number of fused-ring (bicyclic) bond motifs is 1. The van der Waals surface area contributed by atoms with Gasteiger partial charge in [-0.25, -0.2) is 0 Å². The van der Waals surface area contributed by atoms with E-state index in [1.807, 2.05) is 4.90 Å². The van der Waals surface area contributed by atoms with Crippen molar-refractivity contribution in [3.05, 3.63) is 44.7 Å². The molecular formula is C22H26ClN5O3. The number of H-pyrrole nitrogens is 1. The highest BCUT2D eigenvalue weighted by Crippen LogP contribution is 2.32. The Hall–Kier alpha value is -2.87. The van der Waals surface area contributed by atoms with E-state index in [1.165, 1.54) is 0 Å². The summed E-state index contributed by atoms with van der Waals surface area (Å²) in [5.74, 6) is -0.204. The summed E-state index contributed by atoms with van der Waals surface area (Å²) in [6, 6.07) is 5.19. The van der Waals surface area contributed by atoms with Crippen LogP contribution >= 0.6 is 11.6 Å². The molecule has 8 nitrogen and oxygen atoms in total. The highest BCUT2D eigenvalue weighted by atomic mass is 35.5. The number of aromatic nitrogens is 2. The first kappa shape index (κ1) is 21.4. The Morgan fingerprint density at radius 3 is 2.65 bits per heavy atom. The normalized spacial score (nSPS) is 23.2. The predicted molar refractivity (Wildman–Crippen MR) is 121 cm³/mol. The summed E-state index contributed by atoms with van der Waals surface area (Å²) in [5, 5.41) is 6.00. The number of rotatable bonds is 3. The van der Waals surface area contributed by atoms with E-state index in [-0.39, 0.29) is 23.7 Å². The molecule has 1 saturated heterocycles. The zero-order valence-corrected chi connectivity index (χ0v) is 18.5. The Balaban J connectivity index is 1.66. The largest absolute Gasteiger partial charge is 0.342 e. The molecule has 31 heavy (non-hydrogen) atoms. The quantitative estimate of drug-likeness (QED) is 0.674. The molecule has 2 amide bonds. The number of piperidine rings is 1. The molecule has 0 unspecified atom stereocenters. The standard InChI is InChI=1S/C22H26ClN5O3/c1-11-7-12(2)10-28(9-11)22-26-19-18(21(31)27-22)14(8-17(29)25-19)20(30)24-16-6-4-5-15(23)13(16)3/h4-6,11-12,14H,7-10H2,1-3H3,(H,24,30)(H2,25,26,27,29,31)/t11-,12-,14+/m1/s1. The average molecular weight is 444 g/mol. The monoisotopic (exact) mass is 443 g/mol. The fraction of sp³-hybridized carbons (Fsp3) is 0.455. The summed E-state index contributed by atoms with van der Waals surface area (Å²) in [7, 11) is 0. The van der Waals surface area contributed by atoms with Crippen LogP contribution in [0.1, 0.15) is 43.7 Å². The highest BCUT2D eigenvalue weighted by Gasteiger charge is 2.36. The Morgan fingerprint density at radius 2 is 1.94 bits per heavy atom. The van der Waals surface area contributed by atoms with Gasteiger partial charge in [0.1, 0.15) is 5.82 Å². The second-order valence-corrected chi connectivity index (χ2v) is 9.12. The number of halogens is 1. The molecule has 3 N–H and O–H groups in total. The molecule has 9 heteroatoms. The van der Waals surface area contributed by atoms with Crippen LogP contribution in [0, 0.1) is 18.8 Å². The molecule has 164 valence electrons. The van der Waals surface area contributed by atoms with E-state index in [1.54, 1.807) is 25.1 Å². The molecule has 0 radical (unpaired) electrons. The number of anilines is 3. The van der Waals surface area contributed by atoms with Gasteiger partial charge in [-0.3, -0.25) is 19.4 Å². The van der Waals surface area contributed by atoms with Crippen LogP contribution in [-0.2, 0) is 9.59 Å². The topological polar surface area (TPSA) is 107 Å². The van der Waals surface area contributed by atoms with Crippen molar-refractivity contribution in [2.24, 2.45) is 11.8 Å². The van der Waals surface area contributed by atoms with E-state index < -0.39 is 17.4 Å². The highest BCUT2D eigenvalue weighted by molar-refractivity contribution is 6.31. The van der Waals surface area contributed by atoms with Gasteiger partial charge < -0.3 is 15.5 Å². The predicted octanol–water partition coefficient (Wildman–Crippen LogP) is 3.28. The molecule has 2 aliphatic rings. The van der Waals surface area contributed by atoms with Crippen molar-refractivity contribution in [3.8, 4) is 0 Å². The van der Waals surface area contributed by atoms with Gasteiger partial charge in [0.05, 0.1) is 11.5 Å². The lowest BCUT2D eigenvalue weighted by Gasteiger charge is -2.35. The van der Waals surface area contributed by atoms with Gasteiger partial charge in [-0.1, -0.05) is 31.5 Å². The molecule has 4 rings (SSSR count). The van der Waals surface area contributed by atoms with E-state index in [2.05, 4.69) is 34.4 Å². The first-order valence-electron chi connectivity index (χ1n) is 10.5. The van der Waals surface area contributed by atoms with Gasteiger partial charge in [-0.05, 0) is 42.9 Å². The van der Waals surface area contributed by atoms with E-state index in [9.17, 15) is 14.4 Å². The number of hydrogen-bond donors (Lipinski definition) is 3. The first-order valence-corrected chi connectivity index (χ1v) is 10.9. The van der Waals surface area contributed by atoms with Crippen LogP contribution in [0.3, 0.4) is 0 Å². The van der Waals surface area contributed by atoms with Crippen LogP contribution in [0.5, 0.6) is 0 Å². The van der Waals surface area contributed by atoms with Gasteiger partial charge in [0.2, 0.25) is 17.8 Å². The summed E-state index contributed by atoms with van der Waals surface area (Å²) < 4.78 is 0. The number of nitrogens with zero attached hydrogens (tertiary/aromatic N) is 2. The van der Waals surface area contributed by atoms with Gasteiger partial charge in [-0.2, -0.15) is 4.98 Å². The van der Waals surface area contributed by atoms with Gasteiger partial charge in [0.15, 0.2) is 0 Å². The minimum Gasteiger partial charge on any atom is -0.342 e. The first-order chi connectivity index (χ1) is 14.7. The van der Waals surface area contributed by atoms with Gasteiger partial charge >= 0.3 is 0 Å². The zero-order valence-electron chi connectivity index (χ0n) is 17.8. The van der Waals surface area contributed by atoms with E-state index in [0.717, 1.165) is 19.5 Å². The number of hydrogen-bond acceptors (Lipinski definition) is 5. The summed E-state index contributed by atoms with van der Waals surface area (Å²) >= 11 is 6.14. The third kappa shape index (κ3) is 4.30. The molecule has 2 aromatic rings. The van der Waals surface area contributed by atoms with Crippen molar-refractivity contribution in [2.75, 3.05) is 28.6 Å². The maximum Gasteiger partial charge on any atom is 0.258 e. The van der Waals surface area contributed by atoms with Gasteiger partial charge in [0.25, 0.3) is 5.56 Å². The van der Waals surface area contributed by atoms with Crippen molar-refractivity contribution in [2.45, 2.75) is 39.5 Å². The van der Waals surface area contributed by atoms with Crippen molar-refractivity contribution >= 4 is 40.9 Å². The van der Waals surface area contributed by atoms with Crippen molar-refractivity contribution in [1.29, 1.82) is 0 Å². The van der Waals surface area contributed by atoms with Crippen molar-refractivity contribution in [1.82, 2.24) is 9.97 Å². The third-order valence-corrected chi connectivity index (χ3v) is 6.36. The van der Waals surface area contributed by atoms with Crippen LogP contribution in [0.2, 0.25) is 5.02 Å². The summed E-state index contributed by atoms with van der Waals surface area (Å²) in [6.07, 6.45) is 0.994. The number of aromatic amines is 1. The summed E-state index contributed by atoms with van der Waals surface area (Å²) in [4.78, 5) is 47.8. The molecule has 3 heterocycles. The van der Waals surface area contributed by atoms with E-state index in [0.29, 0.717) is 34.1 Å². The van der Waals surface area contributed by atoms with Crippen LogP contribution in [0.4, 0.5) is 17.5 Å². The average Bonchev–Trinajstić information content (AvgIpc) is 2.69. The summed E-state index contributed by atoms with van der Waals surface area (Å²) in [6.45, 7) is 7.68. The number of carbonyl (C=O) groups is 2. The lowest BCUT2D eigenvalue weighted by atomic mass is 9.91. The Labute approximate surface area is 185 Å². The van der Waals surface area contributed by atoms with Crippen LogP contribution in [0.15, 0.2) is 23.0 Å². The maximum absolute atomic E-state index is 13.0. The van der Waals surface area contributed by atoms with Gasteiger partial charge in [0, 0.05) is 30.2 Å². The molecule has 1 aromatic heterocycles. The number of amides is 2. The minimum atomic E-state index is -0.938. The second kappa shape index (κ2) is 8.34. The molecule has 2 aliphatic heterocycles. The van der Waals surface area contributed by atoms with E-state index in [4.69, 9.17) is 11.6 Å². The van der Waals surface area contributed by atoms with Crippen LogP contribution in [0.25, 0.3) is 0 Å². The Kier molecular flexibility index (Phi) is 5.75. The maximum atomic E-state index is 13.0. The fourth-order valence-corrected chi connectivity index (χ4v) is 4.71. The SMILES string of the molecule is Cc1c(Cl)cccc1NC(=O)[C@H]1CC(=O)Nc2nc(N3C[C@H](C)C[C@@H](C)C3)[nH]c(=O)c21. The second-order valence-electron chi connectivity index (χ2n) is 8.71. The molecule has 0 spiro atoms. The molecule has 0 aliphatic carbocycles. The summed E-state index contributed by atoms with van der Waals surface area (Å²) in [5.41, 5.74) is 1.03. The Morgan fingerprint density at radius 1 is 1.23 bits per heavy atom. The molecule has 1 aromatic carbocycles. The van der Waals surface area contributed by atoms with Crippen LogP contribution < -0.4 is 21.1 Å². The molecule has 3 atom stereocenters. The smallest absolute Gasteiger partial charge is 0.258 e. The lowest BCUT2D eigenvalue weighted by molar-refractivity contribution is -0.123. The molecular weight excluding hydrogens is 418 g/mol. The lowest BCUT2D eigenvalue weighted by Crippen LogP contribution is -2.42. The number of carbonyl (C=O) groups excluding carboxylic acids is 2. The Bertz CT molecular complexity index is 1090. The van der Waals surface area contributed by atoms with Crippen molar-refractivity contribution < 1.29 is 9.59 Å². The minimum absolute atomic E-state index is 0.125. The van der Waals surface area contributed by atoms with Gasteiger partial charge in [-0.15, -0.1) is 0 Å². The number of benzene rings is 1. The fourth-order valence-electron chi connectivity index (χ4n) is 4.53. The molecule has 0 bridgehead atoms. The number of nitrogens with one attached hydrogen (secondary N) is 3. The molecule has 1 fully saturated rings. The van der Waals surface area contributed by atoms with Crippen LogP contribution in [-0.4, -0.2) is 34.9 Å². The third-order valence-electron chi connectivity index (χ3n) is 5.95. The zero-order chi connectivity index (χ0) is 22.3.